The molecule has 0 atom stereocenters. The summed E-state index contributed by atoms with van der Waals surface area (Å²) in [6, 6.07) is 1.48. The first-order chi connectivity index (χ1) is 8.96. The lowest BCUT2D eigenvalue weighted by Gasteiger charge is -2.01. The van der Waals surface area contributed by atoms with Crippen molar-refractivity contribution in [1.82, 2.24) is 9.97 Å². The zero-order valence-electron chi connectivity index (χ0n) is 9.77. The number of rotatable bonds is 4. The number of nitrogens with zero attached hydrogens (tertiary/aromatic N) is 3. The lowest BCUT2D eigenvalue weighted by atomic mass is 10.2. The molecule has 2 heterocycles. The molecule has 0 aromatic carbocycles. The second-order valence-corrected chi connectivity index (χ2v) is 5.39. The van der Waals surface area contributed by atoms with E-state index >= 15 is 0 Å². The van der Waals surface area contributed by atoms with Crippen molar-refractivity contribution >= 4 is 10.1 Å². The second-order valence-electron chi connectivity index (χ2n) is 3.82. The highest BCUT2D eigenvalue weighted by atomic mass is 32.2. The van der Waals surface area contributed by atoms with E-state index in [0.717, 1.165) is 6.20 Å². The normalized spacial score (nSPS) is 11.5. The van der Waals surface area contributed by atoms with E-state index in [4.69, 9.17) is 4.55 Å². The van der Waals surface area contributed by atoms with Gasteiger partial charge in [-0.2, -0.15) is 12.8 Å². The molecule has 100 valence electrons. The van der Waals surface area contributed by atoms with Gasteiger partial charge in [-0.1, -0.05) is 0 Å². The predicted octanol–water partition coefficient (Wildman–Crippen LogP) is 0.458. The summed E-state index contributed by atoms with van der Waals surface area (Å²) >= 11 is 0. The number of pyridine rings is 1. The molecule has 0 saturated carbocycles. The van der Waals surface area contributed by atoms with Crippen molar-refractivity contribution in [3.05, 3.63) is 42.9 Å². The molecular formula is C11H11FN3O3S+. The Labute approximate surface area is 109 Å². The van der Waals surface area contributed by atoms with Gasteiger partial charge >= 0.3 is 0 Å². The van der Waals surface area contributed by atoms with E-state index in [1.54, 1.807) is 0 Å². The number of aryl methyl sites for hydroxylation is 1. The highest BCUT2D eigenvalue weighted by molar-refractivity contribution is 7.85. The minimum atomic E-state index is -4.06. The first kappa shape index (κ1) is 13.5. The number of halogens is 1. The Bertz CT molecular complexity index is 677. The lowest BCUT2D eigenvalue weighted by molar-refractivity contribution is -0.693. The maximum Gasteiger partial charge on any atom is 0.271 e. The molecule has 0 bridgehead atoms. The molecule has 0 aliphatic heterocycles. The van der Waals surface area contributed by atoms with Crippen LogP contribution < -0.4 is 4.57 Å². The van der Waals surface area contributed by atoms with Crippen molar-refractivity contribution in [3.63, 3.8) is 0 Å². The molecule has 0 radical (unpaired) electrons. The van der Waals surface area contributed by atoms with Crippen molar-refractivity contribution in [2.24, 2.45) is 0 Å². The Kier molecular flexibility index (Phi) is 3.82. The maximum atomic E-state index is 13.9. The van der Waals surface area contributed by atoms with Gasteiger partial charge < -0.3 is 0 Å². The summed E-state index contributed by atoms with van der Waals surface area (Å²) in [5.41, 5.74) is 0.665. The molecule has 0 spiro atoms. The van der Waals surface area contributed by atoms with E-state index in [0.29, 0.717) is 5.69 Å². The van der Waals surface area contributed by atoms with E-state index in [2.05, 4.69) is 9.97 Å². The molecule has 1 N–H and O–H groups in total. The molecular weight excluding hydrogens is 273 g/mol. The second kappa shape index (κ2) is 5.37. The van der Waals surface area contributed by atoms with Crippen LogP contribution in [0.4, 0.5) is 4.39 Å². The molecule has 8 heteroatoms. The highest BCUT2D eigenvalue weighted by Crippen LogP contribution is 2.17. The Hall–Kier alpha value is -1.93. The Balaban J connectivity index is 2.23. The van der Waals surface area contributed by atoms with Gasteiger partial charge in [0.25, 0.3) is 10.1 Å². The largest absolute Gasteiger partial charge is 0.285 e. The highest BCUT2D eigenvalue weighted by Gasteiger charge is 2.14. The van der Waals surface area contributed by atoms with Crippen LogP contribution in [-0.4, -0.2) is 28.7 Å². The SMILES string of the molecule is O=S(=O)(O)CC[n+]1ccc(-c2cnccn2)c(F)c1. The Morgan fingerprint density at radius 1 is 1.37 bits per heavy atom. The van der Waals surface area contributed by atoms with E-state index < -0.39 is 21.7 Å². The molecule has 0 fully saturated rings. The van der Waals surface area contributed by atoms with Crippen LogP contribution in [0.1, 0.15) is 0 Å². The third-order valence-corrected chi connectivity index (χ3v) is 3.11. The zero-order valence-corrected chi connectivity index (χ0v) is 10.6. The van der Waals surface area contributed by atoms with Gasteiger partial charge in [0, 0.05) is 24.0 Å². The summed E-state index contributed by atoms with van der Waals surface area (Å²) in [4.78, 5) is 7.82. The zero-order chi connectivity index (χ0) is 13.9. The van der Waals surface area contributed by atoms with Crippen molar-refractivity contribution in [3.8, 4) is 11.3 Å². The van der Waals surface area contributed by atoms with E-state index in [1.165, 1.54) is 35.4 Å². The smallest absolute Gasteiger partial charge is 0.271 e. The molecule has 0 aliphatic rings. The summed E-state index contributed by atoms with van der Waals surface area (Å²) in [7, 11) is -4.06. The topological polar surface area (TPSA) is 84.0 Å². The van der Waals surface area contributed by atoms with Gasteiger partial charge in [-0.3, -0.25) is 14.5 Å². The molecule has 0 unspecified atom stereocenters. The predicted molar refractivity (Wildman–Crippen MR) is 64.0 cm³/mol. The minimum absolute atomic E-state index is 0.0312. The number of aromatic nitrogens is 3. The number of hydrogen-bond donors (Lipinski definition) is 1. The first-order valence-electron chi connectivity index (χ1n) is 5.36. The molecule has 2 aromatic heterocycles. The van der Waals surface area contributed by atoms with Gasteiger partial charge in [0.1, 0.15) is 5.75 Å². The third-order valence-electron chi connectivity index (χ3n) is 2.42. The lowest BCUT2D eigenvalue weighted by Crippen LogP contribution is -2.37. The average Bonchev–Trinajstić information content (AvgIpc) is 2.37. The van der Waals surface area contributed by atoms with Crippen LogP contribution in [0.25, 0.3) is 11.3 Å². The van der Waals surface area contributed by atoms with Gasteiger partial charge in [0.15, 0.2) is 18.6 Å². The minimum Gasteiger partial charge on any atom is -0.285 e. The standard InChI is InChI=1S/C11H10FN3O3S/c12-10-8-15(5-6-19(16,17)18)4-1-9(10)11-7-13-2-3-14-11/h1-4,7-8H,5-6H2/p+1. The molecule has 19 heavy (non-hydrogen) atoms. The van der Waals surface area contributed by atoms with Gasteiger partial charge in [0.05, 0.1) is 11.9 Å². The molecule has 0 aliphatic carbocycles. The van der Waals surface area contributed by atoms with Crippen LogP contribution in [0.3, 0.4) is 0 Å². The van der Waals surface area contributed by atoms with E-state index in [9.17, 15) is 12.8 Å². The summed E-state index contributed by atoms with van der Waals surface area (Å²) in [6.45, 7) is -0.0312. The van der Waals surface area contributed by atoms with Gasteiger partial charge in [-0.25, -0.2) is 4.57 Å². The number of hydrogen-bond acceptors (Lipinski definition) is 4. The van der Waals surface area contributed by atoms with Crippen LogP contribution in [0, 0.1) is 5.82 Å². The maximum absolute atomic E-state index is 13.9. The third kappa shape index (κ3) is 3.76. The Morgan fingerprint density at radius 2 is 2.16 bits per heavy atom. The van der Waals surface area contributed by atoms with Crippen LogP contribution in [0.15, 0.2) is 37.1 Å². The first-order valence-corrected chi connectivity index (χ1v) is 6.97. The van der Waals surface area contributed by atoms with E-state index in [-0.39, 0.29) is 12.1 Å². The average molecular weight is 284 g/mol. The monoisotopic (exact) mass is 284 g/mol. The summed E-state index contributed by atoms with van der Waals surface area (Å²) in [5, 5.41) is 0. The molecule has 2 rings (SSSR count). The van der Waals surface area contributed by atoms with Gasteiger partial charge in [0.2, 0.25) is 6.20 Å². The molecule has 0 saturated heterocycles. The van der Waals surface area contributed by atoms with E-state index in [1.807, 2.05) is 0 Å². The van der Waals surface area contributed by atoms with Gasteiger partial charge in [-0.05, 0) is 0 Å². The summed E-state index contributed by atoms with van der Waals surface area (Å²) < 4.78 is 45.0. The molecule has 0 amide bonds. The fourth-order valence-corrected chi connectivity index (χ4v) is 1.96. The molecule has 2 aromatic rings. The fourth-order valence-electron chi connectivity index (χ4n) is 1.51. The fraction of sp³-hybridized carbons (Fsp3) is 0.182. The Morgan fingerprint density at radius 3 is 2.74 bits per heavy atom. The van der Waals surface area contributed by atoms with Crippen LogP contribution in [0.5, 0.6) is 0 Å². The van der Waals surface area contributed by atoms with Crippen LogP contribution in [-0.2, 0) is 16.7 Å². The molecule has 6 nitrogen and oxygen atoms in total. The van der Waals surface area contributed by atoms with Crippen molar-refractivity contribution in [2.45, 2.75) is 6.54 Å². The van der Waals surface area contributed by atoms with Crippen LogP contribution in [0.2, 0.25) is 0 Å². The van der Waals surface area contributed by atoms with Crippen LogP contribution >= 0.6 is 0 Å². The van der Waals surface area contributed by atoms with Crippen molar-refractivity contribution < 1.29 is 21.9 Å². The van der Waals surface area contributed by atoms with Crippen molar-refractivity contribution in [2.75, 3.05) is 5.75 Å². The quantitative estimate of drug-likeness (QED) is 0.651. The van der Waals surface area contributed by atoms with Crippen molar-refractivity contribution in [1.29, 1.82) is 0 Å². The summed E-state index contributed by atoms with van der Waals surface area (Å²) in [6.07, 6.45) is 7.03. The summed E-state index contributed by atoms with van der Waals surface area (Å²) in [5.74, 6) is -1.01. The van der Waals surface area contributed by atoms with Gasteiger partial charge in [-0.15, -0.1) is 0 Å².